The first-order valence-electron chi connectivity index (χ1n) is 6.79. The van der Waals surface area contributed by atoms with Gasteiger partial charge in [-0.25, -0.2) is 0 Å². The average molecular weight is 286 g/mol. The van der Waals surface area contributed by atoms with Crippen LogP contribution in [0.3, 0.4) is 0 Å². The SMILES string of the molecule is [B]c1c([B])c(C([B])([B])C([B])(C)NC([B])([B])C)c([B])c2c1OCO2. The number of ether oxygens (including phenoxy) is 2. The summed E-state index contributed by atoms with van der Waals surface area (Å²) in [4.78, 5) is 0. The van der Waals surface area contributed by atoms with Gasteiger partial charge in [-0.1, -0.05) is 40.9 Å². The van der Waals surface area contributed by atoms with Crippen molar-refractivity contribution < 1.29 is 9.47 Å². The van der Waals surface area contributed by atoms with Crippen LogP contribution in [0.25, 0.3) is 0 Å². The molecule has 0 aliphatic carbocycles. The minimum absolute atomic E-state index is 0.0451. The summed E-state index contributed by atoms with van der Waals surface area (Å²) in [5, 5.41) is -0.395. The Morgan fingerprint density at radius 2 is 1.30 bits per heavy atom. The van der Waals surface area contributed by atoms with Gasteiger partial charge in [-0.05, 0) is 10.9 Å². The van der Waals surface area contributed by atoms with Gasteiger partial charge in [-0.2, -0.15) is 0 Å². The monoisotopic (exact) mass is 287 g/mol. The largest absolute Gasteiger partial charge is 0.454 e. The highest BCUT2D eigenvalue weighted by Gasteiger charge is 2.41. The van der Waals surface area contributed by atoms with Crippen LogP contribution in [0.2, 0.25) is 0 Å². The lowest BCUT2D eigenvalue weighted by atomic mass is 9.35. The summed E-state index contributed by atoms with van der Waals surface area (Å²) in [7, 11) is 48.3. The Morgan fingerprint density at radius 3 is 1.78 bits per heavy atom. The summed E-state index contributed by atoms with van der Waals surface area (Å²) in [5.41, 5.74) is -1.13. The topological polar surface area (TPSA) is 30.5 Å². The molecule has 1 heterocycles. The lowest BCUT2D eigenvalue weighted by Gasteiger charge is -2.50. The van der Waals surface area contributed by atoms with Crippen molar-refractivity contribution in [3.05, 3.63) is 5.56 Å². The predicted molar refractivity (Wildman–Crippen MR) is 99.1 cm³/mol. The van der Waals surface area contributed by atoms with Gasteiger partial charge in [0.2, 0.25) is 6.79 Å². The maximum atomic E-state index is 6.25. The van der Waals surface area contributed by atoms with Crippen LogP contribution >= 0.6 is 0 Å². The van der Waals surface area contributed by atoms with Gasteiger partial charge in [0.1, 0.15) is 23.5 Å². The van der Waals surface area contributed by atoms with Crippen LogP contribution in [0.4, 0.5) is 0 Å². The molecule has 1 aliphatic rings. The molecule has 2 rings (SSSR count). The normalized spacial score (nSPS) is 17.0. The first-order valence-corrected chi connectivity index (χ1v) is 6.79. The van der Waals surface area contributed by atoms with Crippen molar-refractivity contribution in [3.8, 4) is 11.5 Å². The Kier molecular flexibility index (Phi) is 4.60. The highest BCUT2D eigenvalue weighted by molar-refractivity contribution is 6.57. The van der Waals surface area contributed by atoms with E-state index in [-0.39, 0.29) is 40.2 Å². The Labute approximate surface area is 148 Å². The van der Waals surface area contributed by atoms with E-state index in [1.54, 1.807) is 0 Å². The van der Waals surface area contributed by atoms with E-state index in [1.165, 1.54) is 13.8 Å². The fraction of sp³-hybridized carbons (Fsp3) is 0.500. The molecule has 0 spiro atoms. The zero-order valence-electron chi connectivity index (χ0n) is 13.1. The van der Waals surface area contributed by atoms with Crippen LogP contribution < -0.4 is 31.2 Å². The molecule has 0 saturated carbocycles. The van der Waals surface area contributed by atoms with Crippen molar-refractivity contribution in [3.63, 3.8) is 0 Å². The van der Waals surface area contributed by atoms with Gasteiger partial charge in [0.25, 0.3) is 0 Å². The maximum absolute atomic E-state index is 6.25. The molecule has 1 aromatic rings. The van der Waals surface area contributed by atoms with Gasteiger partial charge in [-0.3, -0.25) is 0 Å². The minimum atomic E-state index is -1.78. The smallest absolute Gasteiger partial charge is 0.231 e. The van der Waals surface area contributed by atoms with Gasteiger partial charge in [0, 0.05) is 0 Å². The van der Waals surface area contributed by atoms with E-state index < -0.39 is 16.0 Å². The van der Waals surface area contributed by atoms with Gasteiger partial charge in [0.15, 0.2) is 11.5 Å². The molecule has 1 atom stereocenters. The van der Waals surface area contributed by atoms with Gasteiger partial charge < -0.3 is 14.8 Å². The van der Waals surface area contributed by atoms with E-state index in [2.05, 4.69) is 5.32 Å². The summed E-state index contributed by atoms with van der Waals surface area (Å²) in [6, 6.07) is 0. The van der Waals surface area contributed by atoms with Crippen molar-refractivity contribution in [1.82, 2.24) is 5.32 Å². The van der Waals surface area contributed by atoms with Crippen molar-refractivity contribution in [2.24, 2.45) is 0 Å². The van der Waals surface area contributed by atoms with E-state index in [0.717, 1.165) is 0 Å². The highest BCUT2D eigenvalue weighted by atomic mass is 16.7. The molecule has 1 aliphatic heterocycles. The van der Waals surface area contributed by atoms with Crippen molar-refractivity contribution in [2.75, 3.05) is 6.79 Å². The first kappa shape index (κ1) is 18.6. The third kappa shape index (κ3) is 3.14. The fourth-order valence-corrected chi connectivity index (χ4v) is 2.56. The molecule has 23 heavy (non-hydrogen) atoms. The molecule has 0 fully saturated rings. The molecule has 0 aromatic heterocycles. The van der Waals surface area contributed by atoms with Crippen molar-refractivity contribution in [1.29, 1.82) is 0 Å². The molecule has 0 saturated heterocycles. The molecule has 1 aromatic carbocycles. The Hall–Kier alpha value is -0.701. The van der Waals surface area contributed by atoms with Gasteiger partial charge in [0.05, 0.1) is 39.2 Å². The summed E-state index contributed by atoms with van der Waals surface area (Å²) in [5.74, 6) is 0.458. The molecule has 0 amide bonds. The second kappa shape index (κ2) is 5.68. The Balaban J connectivity index is 2.63. The quantitative estimate of drug-likeness (QED) is 0.569. The highest BCUT2D eigenvalue weighted by Crippen LogP contribution is 2.33. The predicted octanol–water partition coefficient (Wildman–Crippen LogP) is -4.23. The number of hydrogen-bond acceptors (Lipinski definition) is 3. The lowest BCUT2D eigenvalue weighted by molar-refractivity contribution is 0.175. The summed E-state index contributed by atoms with van der Waals surface area (Å²) in [6.07, 6.45) is 0. The number of hydrogen-bond donors (Lipinski definition) is 1. The molecule has 98 valence electrons. The van der Waals surface area contributed by atoms with Crippen LogP contribution in [0.5, 0.6) is 11.5 Å². The molecular formula is C12H9B8NO2. The number of fused-ring (bicyclic) bond motifs is 1. The molecule has 16 radical (unpaired) electrons. The van der Waals surface area contributed by atoms with Crippen LogP contribution in [0.15, 0.2) is 0 Å². The van der Waals surface area contributed by atoms with Gasteiger partial charge >= 0.3 is 0 Å². The zero-order valence-corrected chi connectivity index (χ0v) is 13.1. The van der Waals surface area contributed by atoms with Crippen molar-refractivity contribution >= 4 is 79.2 Å². The Bertz CT molecular complexity index is 641. The van der Waals surface area contributed by atoms with Crippen LogP contribution in [0.1, 0.15) is 19.4 Å². The standard InChI is InChI=1S/C12H9B8NO2/c1-10(16,21-11(2,17)18)12(19,20)4-5(13)7(15)9-8(6(4)14)22-3-23-9/h21H,3H2,1-2H3. The number of nitrogens with one attached hydrogen (secondary N) is 1. The molecule has 1 unspecified atom stereocenters. The Morgan fingerprint density at radius 1 is 0.826 bits per heavy atom. The fourth-order valence-electron chi connectivity index (χ4n) is 2.56. The second-order valence-corrected chi connectivity index (χ2v) is 6.16. The number of benzene rings is 1. The summed E-state index contributed by atoms with van der Waals surface area (Å²) in [6.45, 7) is 2.95. The second-order valence-electron chi connectivity index (χ2n) is 6.16. The van der Waals surface area contributed by atoms with E-state index in [9.17, 15) is 0 Å². The minimum Gasteiger partial charge on any atom is -0.454 e. The van der Waals surface area contributed by atoms with Crippen LogP contribution in [0, 0.1) is 0 Å². The molecule has 11 heteroatoms. The van der Waals surface area contributed by atoms with E-state index >= 15 is 0 Å². The lowest BCUT2D eigenvalue weighted by Crippen LogP contribution is -2.69. The molecule has 1 N–H and O–H groups in total. The molecule has 0 bridgehead atoms. The van der Waals surface area contributed by atoms with Crippen LogP contribution in [-0.2, 0) is 5.21 Å². The summed E-state index contributed by atoms with van der Waals surface area (Å²) >= 11 is 0. The molecular weight excluding hydrogens is 277 g/mol. The van der Waals surface area contributed by atoms with Crippen LogP contribution in [-0.4, -0.2) is 80.3 Å². The zero-order chi connectivity index (χ0) is 17.8. The third-order valence-corrected chi connectivity index (χ3v) is 3.73. The average Bonchev–Trinajstić information content (AvgIpc) is 2.82. The third-order valence-electron chi connectivity index (χ3n) is 3.73. The maximum Gasteiger partial charge on any atom is 0.231 e. The number of rotatable bonds is 4. The van der Waals surface area contributed by atoms with Gasteiger partial charge in [-0.15, -0.1) is 0 Å². The summed E-state index contributed by atoms with van der Waals surface area (Å²) < 4.78 is 10.6. The first-order chi connectivity index (χ1) is 10.3. The molecule has 3 nitrogen and oxygen atoms in total. The van der Waals surface area contributed by atoms with E-state index in [1.807, 2.05) is 0 Å². The van der Waals surface area contributed by atoms with E-state index in [0.29, 0.717) is 0 Å². The van der Waals surface area contributed by atoms with E-state index in [4.69, 9.17) is 72.2 Å². The van der Waals surface area contributed by atoms with Crippen molar-refractivity contribution in [2.45, 2.75) is 29.8 Å².